The molecule has 4 N–H and O–H groups in total. The monoisotopic (exact) mass is 733 g/mol. The van der Waals surface area contributed by atoms with Crippen molar-refractivity contribution in [2.45, 2.75) is 50.4 Å². The number of halogens is 2. The zero-order valence-electron chi connectivity index (χ0n) is 29.9. The molecule has 3 amide bonds. The molecular formula is C42H41F2N5O5. The minimum atomic E-state index is -2.03. The predicted octanol–water partition coefficient (Wildman–Crippen LogP) is 6.29. The van der Waals surface area contributed by atoms with Gasteiger partial charge in [0.25, 0.3) is 11.8 Å². The molecular weight excluding hydrogens is 692 g/mol. The van der Waals surface area contributed by atoms with Crippen molar-refractivity contribution in [3.8, 4) is 22.4 Å². The Hall–Kier alpha value is -5.72. The van der Waals surface area contributed by atoms with Crippen LogP contribution in [0.1, 0.15) is 56.1 Å². The number of imidazole rings is 1. The Morgan fingerprint density at radius 2 is 1.50 bits per heavy atom. The second-order valence-electron chi connectivity index (χ2n) is 14.4. The number of benzene rings is 4. The largest absolute Gasteiger partial charge is 0.376 e. The van der Waals surface area contributed by atoms with E-state index in [9.17, 15) is 33.4 Å². The van der Waals surface area contributed by atoms with Gasteiger partial charge in [-0.25, -0.2) is 13.8 Å². The Balaban J connectivity index is 0.956. The van der Waals surface area contributed by atoms with E-state index in [1.807, 2.05) is 48.5 Å². The number of hydrogen-bond acceptors (Lipinski definition) is 6. The number of nitrogens with zero attached hydrogens (tertiary/aromatic N) is 3. The van der Waals surface area contributed by atoms with E-state index in [2.05, 4.69) is 15.3 Å². The van der Waals surface area contributed by atoms with Crippen LogP contribution in [0.5, 0.6) is 0 Å². The van der Waals surface area contributed by atoms with Crippen molar-refractivity contribution in [2.75, 3.05) is 25.0 Å². The molecule has 278 valence electrons. The number of hydrogen-bond donors (Lipinski definition) is 4. The molecule has 2 fully saturated rings. The third-order valence-corrected chi connectivity index (χ3v) is 10.6. The number of carbonyl (C=O) groups is 3. The lowest BCUT2D eigenvalue weighted by molar-refractivity contribution is -0.152. The molecule has 4 atom stereocenters. The van der Waals surface area contributed by atoms with E-state index >= 15 is 0 Å². The Bertz CT molecular complexity index is 2180. The minimum Gasteiger partial charge on any atom is -0.376 e. The number of anilines is 1. The molecule has 0 aliphatic carbocycles. The van der Waals surface area contributed by atoms with Crippen LogP contribution in [0.4, 0.5) is 14.5 Å². The molecule has 0 unspecified atom stereocenters. The first-order valence-electron chi connectivity index (χ1n) is 18.0. The summed E-state index contributed by atoms with van der Waals surface area (Å²) in [4.78, 5) is 50.7. The van der Waals surface area contributed by atoms with E-state index in [-0.39, 0.29) is 29.6 Å². The van der Waals surface area contributed by atoms with Crippen molar-refractivity contribution in [1.82, 2.24) is 19.8 Å². The maximum Gasteiger partial charge on any atom is 0.259 e. The van der Waals surface area contributed by atoms with E-state index in [1.165, 1.54) is 55.1 Å². The molecule has 54 heavy (non-hydrogen) atoms. The number of amides is 3. The molecule has 3 heterocycles. The number of aromatic nitrogens is 2. The molecule has 2 aliphatic rings. The highest BCUT2D eigenvalue weighted by atomic mass is 19.1. The van der Waals surface area contributed by atoms with Gasteiger partial charge in [-0.1, -0.05) is 66.7 Å². The van der Waals surface area contributed by atoms with Gasteiger partial charge in [-0.2, -0.15) is 0 Å². The quantitative estimate of drug-likeness (QED) is 0.141. The number of H-pyrrole nitrogens is 1. The lowest BCUT2D eigenvalue weighted by atomic mass is 9.93. The Morgan fingerprint density at radius 3 is 2.20 bits per heavy atom. The van der Waals surface area contributed by atoms with Crippen LogP contribution in [0.25, 0.3) is 22.4 Å². The summed E-state index contributed by atoms with van der Waals surface area (Å²) in [5, 5.41) is 25.0. The molecule has 0 spiro atoms. The molecule has 1 aromatic heterocycles. The fourth-order valence-electron chi connectivity index (χ4n) is 7.41. The van der Waals surface area contributed by atoms with Gasteiger partial charge in [0.2, 0.25) is 5.91 Å². The van der Waals surface area contributed by atoms with Gasteiger partial charge >= 0.3 is 0 Å². The minimum absolute atomic E-state index is 0.0669. The molecule has 10 nitrogen and oxygen atoms in total. The van der Waals surface area contributed by atoms with Crippen molar-refractivity contribution in [3.05, 3.63) is 132 Å². The zero-order valence-corrected chi connectivity index (χ0v) is 29.9. The Morgan fingerprint density at radius 1 is 0.815 bits per heavy atom. The second-order valence-corrected chi connectivity index (χ2v) is 14.4. The molecule has 7 rings (SSSR count). The zero-order chi connectivity index (χ0) is 38.2. The van der Waals surface area contributed by atoms with Crippen LogP contribution < -0.4 is 5.32 Å². The highest BCUT2D eigenvalue weighted by molar-refractivity contribution is 5.94. The van der Waals surface area contributed by atoms with Crippen LogP contribution in [-0.2, 0) is 25.6 Å². The molecule has 4 aromatic carbocycles. The first kappa shape index (κ1) is 36.6. The molecule has 0 radical (unpaired) electrons. The van der Waals surface area contributed by atoms with Crippen molar-refractivity contribution in [2.24, 2.45) is 5.92 Å². The fraction of sp³-hybridized carbons (Fsp3) is 0.286. The summed E-state index contributed by atoms with van der Waals surface area (Å²) in [5.74, 6) is -2.44. The van der Waals surface area contributed by atoms with E-state index in [4.69, 9.17) is 0 Å². The maximum atomic E-state index is 14.5. The number of aromatic amines is 1. The average Bonchev–Trinajstić information content (AvgIpc) is 3.97. The third kappa shape index (κ3) is 7.14. The van der Waals surface area contributed by atoms with Gasteiger partial charge in [0, 0.05) is 30.9 Å². The average molecular weight is 734 g/mol. The van der Waals surface area contributed by atoms with Crippen LogP contribution in [0.3, 0.4) is 0 Å². The lowest BCUT2D eigenvalue weighted by Crippen LogP contribution is -2.45. The summed E-state index contributed by atoms with van der Waals surface area (Å²) in [6, 6.07) is 26.0. The molecule has 2 saturated heterocycles. The van der Waals surface area contributed by atoms with Crippen molar-refractivity contribution < 1.29 is 33.4 Å². The summed E-state index contributed by atoms with van der Waals surface area (Å²) in [7, 11) is 0. The lowest BCUT2D eigenvalue weighted by Gasteiger charge is -2.31. The SMILES string of the molecule is C[C@](O)(C(=O)N1CC[C@H](C(=O)Nc2ccc(-c3ccc(-c4cnc([C@@H]5CCCN5C(=O)[C@](C)(O)c5ccccc5F)[nH]4)cc3)cc2)C1)c1cccc(F)c1. The van der Waals surface area contributed by atoms with Crippen molar-refractivity contribution >= 4 is 23.4 Å². The topological polar surface area (TPSA) is 139 Å². The first-order valence-corrected chi connectivity index (χ1v) is 18.0. The van der Waals surface area contributed by atoms with Crippen LogP contribution in [0.2, 0.25) is 0 Å². The van der Waals surface area contributed by atoms with E-state index in [0.29, 0.717) is 37.4 Å². The van der Waals surface area contributed by atoms with Crippen molar-refractivity contribution in [1.29, 1.82) is 0 Å². The van der Waals surface area contributed by atoms with Gasteiger partial charge in [0.1, 0.15) is 17.5 Å². The van der Waals surface area contributed by atoms with Crippen LogP contribution >= 0.6 is 0 Å². The summed E-state index contributed by atoms with van der Waals surface area (Å²) in [6.07, 6.45) is 3.53. The molecule has 5 aromatic rings. The van der Waals surface area contributed by atoms with E-state index in [1.54, 1.807) is 17.2 Å². The molecule has 12 heteroatoms. The molecule has 2 aliphatic heterocycles. The summed E-state index contributed by atoms with van der Waals surface area (Å²) >= 11 is 0. The third-order valence-electron chi connectivity index (χ3n) is 10.6. The van der Waals surface area contributed by atoms with Gasteiger partial charge in [-0.15, -0.1) is 0 Å². The van der Waals surface area contributed by atoms with Gasteiger partial charge < -0.3 is 30.3 Å². The first-order chi connectivity index (χ1) is 25.8. The standard InChI is InChI=1S/C42H41F2N5O5/c1-41(53,30-7-5-8-31(43)23-30)39(51)48-22-20-29(25-48)38(50)46-32-18-16-27(17-19-32)26-12-14-28(15-13-26)35-24-45-37(47-35)36-11-6-21-49(36)40(52)42(2,54)33-9-3-4-10-34(33)44/h3-5,7-10,12-19,23-24,29,36,53-54H,6,11,20-22,25H2,1-2H3,(H,45,47)(H,46,50)/t29-,36-,41+,42+/m0/s1. The number of carbonyl (C=O) groups excluding carboxylic acids is 3. The number of nitrogens with one attached hydrogen (secondary N) is 2. The van der Waals surface area contributed by atoms with Gasteiger partial charge in [0.15, 0.2) is 11.2 Å². The van der Waals surface area contributed by atoms with Gasteiger partial charge in [0.05, 0.1) is 23.9 Å². The van der Waals surface area contributed by atoms with Gasteiger partial charge in [-0.3, -0.25) is 14.4 Å². The second kappa shape index (κ2) is 14.6. The smallest absolute Gasteiger partial charge is 0.259 e. The van der Waals surface area contributed by atoms with Gasteiger partial charge in [-0.05, 0) is 85.7 Å². The fourth-order valence-corrected chi connectivity index (χ4v) is 7.41. The van der Waals surface area contributed by atoms with E-state index in [0.717, 1.165) is 34.9 Å². The summed E-state index contributed by atoms with van der Waals surface area (Å²) in [6.45, 7) is 3.53. The van der Waals surface area contributed by atoms with E-state index < -0.39 is 40.6 Å². The van der Waals surface area contributed by atoms with Crippen molar-refractivity contribution in [3.63, 3.8) is 0 Å². The molecule has 0 bridgehead atoms. The predicted molar refractivity (Wildman–Crippen MR) is 198 cm³/mol. The number of aliphatic hydroxyl groups is 2. The maximum absolute atomic E-state index is 14.5. The van der Waals surface area contributed by atoms with Crippen LogP contribution in [0.15, 0.2) is 103 Å². The Kier molecular flexibility index (Phi) is 9.90. The summed E-state index contributed by atoms with van der Waals surface area (Å²) < 4.78 is 28.3. The van der Waals surface area contributed by atoms with Crippen LogP contribution in [0, 0.1) is 17.6 Å². The molecule has 0 saturated carbocycles. The highest BCUT2D eigenvalue weighted by Gasteiger charge is 2.44. The summed E-state index contributed by atoms with van der Waals surface area (Å²) in [5.41, 5.74) is 0.287. The normalized spacial score (nSPS) is 19.3. The number of rotatable bonds is 9. The number of likely N-dealkylation sites (tertiary alicyclic amines) is 2. The highest BCUT2D eigenvalue weighted by Crippen LogP contribution is 2.37. The van der Waals surface area contributed by atoms with Crippen LogP contribution in [-0.4, -0.2) is 67.3 Å². The Labute approximate surface area is 311 Å².